The van der Waals surface area contributed by atoms with E-state index in [9.17, 15) is 33.8 Å². The molecule has 2 aliphatic heterocycles. The van der Waals surface area contributed by atoms with E-state index in [-0.39, 0.29) is 39.1 Å². The van der Waals surface area contributed by atoms with Crippen molar-refractivity contribution in [3.63, 3.8) is 0 Å². The van der Waals surface area contributed by atoms with Gasteiger partial charge in [0.05, 0.1) is 32.5 Å². The van der Waals surface area contributed by atoms with Gasteiger partial charge >= 0.3 is 15.6 Å². The fourth-order valence-corrected chi connectivity index (χ4v) is 12.8. The first-order valence-electron chi connectivity index (χ1n) is 36.0. The van der Waals surface area contributed by atoms with Crippen LogP contribution < -0.4 is 0 Å². The molecule has 0 spiro atoms. The highest BCUT2D eigenvalue weighted by molar-refractivity contribution is 7.46. The van der Waals surface area contributed by atoms with Crippen LogP contribution in [0, 0.1) is 0 Å². The Labute approximate surface area is 541 Å². The van der Waals surface area contributed by atoms with E-state index >= 15 is 0 Å². The Morgan fingerprint density at radius 1 is 0.382 bits per heavy atom. The SMILES string of the molecule is CCCCCC/C=C\CCCCCCCCCCO[C@H]1[C@@H](OC[C@H]2O[C@H](OCCOP(=O)(O)O)[C@H](OCCCCCCCCCCCC)[C@@H](OCCCCCCCCCCCC)[C@@H]2O)O[C@H](COC)[C@@H](OP(=O)(O)O)[C@@H]1OCC[C@@H](CCCCCCC)OC. The highest BCUT2D eigenvalue weighted by atomic mass is 31.2. The summed E-state index contributed by atoms with van der Waals surface area (Å²) in [6.07, 6.45) is 38.8. The molecule has 2 saturated heterocycles. The minimum Gasteiger partial charge on any atom is -0.387 e. The third-order valence-corrected chi connectivity index (χ3v) is 18.2. The summed E-state index contributed by atoms with van der Waals surface area (Å²) >= 11 is 0. The first kappa shape index (κ1) is 84.6. The number of ether oxygens (including phenoxy) is 10. The second-order valence-electron chi connectivity index (χ2n) is 25.1. The molecule has 19 nitrogen and oxygen atoms in total. The summed E-state index contributed by atoms with van der Waals surface area (Å²) in [5, 5.41) is 12.4. The highest BCUT2D eigenvalue weighted by Gasteiger charge is 2.53. The first-order valence-corrected chi connectivity index (χ1v) is 39.1. The van der Waals surface area contributed by atoms with Crippen LogP contribution in [0.5, 0.6) is 0 Å². The molecule has 0 aromatic rings. The van der Waals surface area contributed by atoms with Crippen LogP contribution in [0.25, 0.3) is 0 Å². The molecular weight excluding hydrogens is 1180 g/mol. The van der Waals surface area contributed by atoms with E-state index in [0.717, 1.165) is 116 Å². The van der Waals surface area contributed by atoms with Crippen LogP contribution in [0.3, 0.4) is 0 Å². The van der Waals surface area contributed by atoms with Crippen LogP contribution >= 0.6 is 15.6 Å². The monoisotopic (exact) mass is 1320 g/mol. The summed E-state index contributed by atoms with van der Waals surface area (Å²) in [5.74, 6) is 0. The van der Waals surface area contributed by atoms with Crippen LogP contribution in [0.1, 0.15) is 291 Å². The van der Waals surface area contributed by atoms with Crippen molar-refractivity contribution in [1.82, 2.24) is 0 Å². The number of hydrogen-bond acceptors (Lipinski definition) is 15. The van der Waals surface area contributed by atoms with Gasteiger partial charge in [0.25, 0.3) is 0 Å². The Morgan fingerprint density at radius 3 is 1.22 bits per heavy atom. The Morgan fingerprint density at radius 2 is 0.775 bits per heavy atom. The van der Waals surface area contributed by atoms with Gasteiger partial charge in [-0.2, -0.15) is 0 Å². The molecule has 89 heavy (non-hydrogen) atoms. The van der Waals surface area contributed by atoms with Gasteiger partial charge < -0.3 is 72.0 Å². The molecule has 0 aliphatic carbocycles. The lowest BCUT2D eigenvalue weighted by atomic mass is 9.97. The maximum absolute atomic E-state index is 12.8. The molecule has 5 N–H and O–H groups in total. The molecule has 11 atom stereocenters. The number of unbranched alkanes of at least 4 members (excludes halogenated alkanes) is 34. The number of rotatable bonds is 64. The predicted octanol–water partition coefficient (Wildman–Crippen LogP) is 16.2. The molecule has 0 bridgehead atoms. The molecule has 0 aromatic heterocycles. The van der Waals surface area contributed by atoms with Gasteiger partial charge in [0.2, 0.25) is 0 Å². The van der Waals surface area contributed by atoms with E-state index in [1.165, 1.54) is 142 Å². The second kappa shape index (κ2) is 56.7. The number of aliphatic hydroxyl groups excluding tert-OH is 1. The zero-order valence-corrected chi connectivity index (χ0v) is 58.8. The van der Waals surface area contributed by atoms with Crippen molar-refractivity contribution in [2.24, 2.45) is 0 Å². The third kappa shape index (κ3) is 44.1. The molecular formula is C68H134O19P2. The van der Waals surface area contributed by atoms with Crippen LogP contribution in [0.4, 0.5) is 0 Å². The average molecular weight is 1320 g/mol. The summed E-state index contributed by atoms with van der Waals surface area (Å²) in [6, 6.07) is 0. The molecule has 530 valence electrons. The Balaban J connectivity index is 2.41. The first-order chi connectivity index (χ1) is 43.2. The molecule has 0 aromatic carbocycles. The summed E-state index contributed by atoms with van der Waals surface area (Å²) < 4.78 is 98.8. The van der Waals surface area contributed by atoms with Gasteiger partial charge in [-0.05, 0) is 57.8 Å². The standard InChI is InChI=1S/C68H134O19P2/c1-7-11-15-19-22-25-28-29-30-31-32-33-36-39-43-47-52-80-66-64(81-53-49-58(77-6)48-44-40-18-14-10-4)62(87-89(73,74)75)60(56-76-5)86-68(66)83-57-59-61(69)63(78-50-45-41-37-34-26-23-20-16-12-8-2)65(67(85-59)82-54-55-84-88(70,71)72)79-51-46-42-38-35-27-24-21-17-13-9-3/h25,28,58-69H,7-24,26-27,29-57H2,1-6H3,(H2,70,71,72)(H2,73,74,75)/b28-25-/t58-,59-,60-,61-,62-,63+,64+,65-,66-,67+,68+/m1/s1. The van der Waals surface area contributed by atoms with Crippen molar-refractivity contribution in [2.75, 3.05) is 67.1 Å². The normalized spacial score (nSPS) is 23.1. The minimum absolute atomic E-state index is 0.118. The number of allylic oxidation sites excluding steroid dienone is 2. The van der Waals surface area contributed by atoms with Crippen LogP contribution in [-0.2, 0) is 65.5 Å². The fraction of sp³-hybridized carbons (Fsp3) is 0.971. The fourth-order valence-electron chi connectivity index (χ4n) is 11.9. The number of phosphoric acid groups is 2. The molecule has 0 saturated carbocycles. The maximum Gasteiger partial charge on any atom is 0.470 e. The van der Waals surface area contributed by atoms with E-state index in [0.29, 0.717) is 26.1 Å². The van der Waals surface area contributed by atoms with Gasteiger partial charge in [0.15, 0.2) is 12.6 Å². The van der Waals surface area contributed by atoms with E-state index in [1.54, 1.807) is 7.11 Å². The van der Waals surface area contributed by atoms with Crippen molar-refractivity contribution in [3.05, 3.63) is 12.2 Å². The van der Waals surface area contributed by atoms with E-state index in [2.05, 4.69) is 39.8 Å². The maximum atomic E-state index is 12.8. The zero-order chi connectivity index (χ0) is 64.9. The van der Waals surface area contributed by atoms with Crippen LogP contribution in [0.15, 0.2) is 12.2 Å². The van der Waals surface area contributed by atoms with E-state index in [4.69, 9.17) is 56.4 Å². The lowest BCUT2D eigenvalue weighted by molar-refractivity contribution is -0.343. The summed E-state index contributed by atoms with van der Waals surface area (Å²) in [6.45, 7) is 8.80. The van der Waals surface area contributed by atoms with Crippen molar-refractivity contribution in [2.45, 2.75) is 358 Å². The number of hydrogen-bond donors (Lipinski definition) is 5. The molecule has 0 unspecified atom stereocenters. The number of aliphatic hydroxyl groups is 1. The summed E-state index contributed by atoms with van der Waals surface area (Å²) in [5.41, 5.74) is 0. The molecule has 0 amide bonds. The highest BCUT2D eigenvalue weighted by Crippen LogP contribution is 2.43. The molecule has 2 fully saturated rings. The third-order valence-electron chi connectivity index (χ3n) is 17.1. The average Bonchev–Trinajstić information content (AvgIpc) is 1.13. The van der Waals surface area contributed by atoms with Crippen molar-refractivity contribution in [3.8, 4) is 0 Å². The van der Waals surface area contributed by atoms with Crippen LogP contribution in [-0.4, -0.2) is 159 Å². The number of methoxy groups -OCH3 is 2. The Kier molecular flexibility index (Phi) is 53.9. The summed E-state index contributed by atoms with van der Waals surface area (Å²) in [7, 11) is -6.83. The minimum atomic E-state index is -5.14. The summed E-state index contributed by atoms with van der Waals surface area (Å²) in [4.78, 5) is 39.8. The van der Waals surface area contributed by atoms with E-state index in [1.807, 2.05) is 0 Å². The van der Waals surface area contributed by atoms with Gasteiger partial charge in [-0.25, -0.2) is 9.13 Å². The lowest BCUT2D eigenvalue weighted by Crippen LogP contribution is -2.63. The smallest absolute Gasteiger partial charge is 0.387 e. The number of phosphoric ester groups is 2. The predicted molar refractivity (Wildman–Crippen MR) is 353 cm³/mol. The topological polar surface area (TPSA) is 246 Å². The van der Waals surface area contributed by atoms with Gasteiger partial charge in [0, 0.05) is 40.6 Å². The zero-order valence-electron chi connectivity index (χ0n) is 57.0. The van der Waals surface area contributed by atoms with Crippen molar-refractivity contribution < 1.29 is 90.2 Å². The van der Waals surface area contributed by atoms with Crippen molar-refractivity contribution >= 4 is 15.6 Å². The van der Waals surface area contributed by atoms with Crippen LogP contribution in [0.2, 0.25) is 0 Å². The van der Waals surface area contributed by atoms with Gasteiger partial charge in [0.1, 0.15) is 48.8 Å². The molecule has 2 aliphatic rings. The quantitative estimate of drug-likeness (QED) is 0.0216. The largest absolute Gasteiger partial charge is 0.470 e. The molecule has 21 heteroatoms. The van der Waals surface area contributed by atoms with Gasteiger partial charge in [-0.3, -0.25) is 9.05 Å². The lowest BCUT2D eigenvalue weighted by Gasteiger charge is -2.47. The van der Waals surface area contributed by atoms with Crippen molar-refractivity contribution in [1.29, 1.82) is 0 Å². The Hall–Kier alpha value is -0.480. The van der Waals surface area contributed by atoms with Gasteiger partial charge in [-0.15, -0.1) is 0 Å². The van der Waals surface area contributed by atoms with Gasteiger partial charge in [-0.1, -0.05) is 245 Å². The molecule has 0 radical (unpaired) electrons. The molecule has 2 heterocycles. The Bertz CT molecular complexity index is 1690. The molecule has 2 rings (SSSR count). The second-order valence-corrected chi connectivity index (χ2v) is 27.5. The van der Waals surface area contributed by atoms with E-state index < -0.39 is 83.7 Å².